The van der Waals surface area contributed by atoms with Gasteiger partial charge in [-0.2, -0.15) is 5.10 Å². The Bertz CT molecular complexity index is 1400. The van der Waals surface area contributed by atoms with E-state index >= 15 is 0 Å². The Kier molecular flexibility index (Phi) is 5.86. The fourth-order valence-corrected chi connectivity index (χ4v) is 5.42. The van der Waals surface area contributed by atoms with Crippen LogP contribution in [0.25, 0.3) is 5.65 Å². The molecule has 0 spiro atoms. The highest BCUT2D eigenvalue weighted by Gasteiger charge is 2.27. The van der Waals surface area contributed by atoms with Gasteiger partial charge in [0.05, 0.1) is 16.4 Å². The lowest BCUT2D eigenvalue weighted by atomic mass is 10.2. The number of aromatic nitrogens is 3. The Labute approximate surface area is 190 Å². The van der Waals surface area contributed by atoms with Crippen molar-refractivity contribution < 1.29 is 13.2 Å². The Morgan fingerprint density at radius 1 is 1.16 bits per heavy atom. The van der Waals surface area contributed by atoms with Crippen LogP contribution in [0.2, 0.25) is 5.02 Å². The molecule has 4 aromatic rings. The zero-order chi connectivity index (χ0) is 22.9. The minimum Gasteiger partial charge on any atom is -0.322 e. The normalized spacial score (nSPS) is 11.5. The van der Waals surface area contributed by atoms with Crippen molar-refractivity contribution in [2.45, 2.75) is 18.7 Å². The lowest BCUT2D eigenvalue weighted by Gasteiger charge is -2.23. The average molecular weight is 470 g/mol. The molecule has 2 aromatic heterocycles. The van der Waals surface area contributed by atoms with E-state index in [1.807, 2.05) is 6.07 Å². The highest BCUT2D eigenvalue weighted by atomic mass is 35.5. The summed E-state index contributed by atoms with van der Waals surface area (Å²) in [6.45, 7) is 3.66. The standard InChI is InChI=1S/C22H20ClN5O3S/c1-3-28(17-8-5-4-6-9-17)32(30,31)19-14-16(10-11-18(19)23)25-22(29)20-15(2)26-27-13-7-12-24-21(20)27/h4-14H,3H2,1-2H3,(H,25,29). The number of anilines is 2. The first-order chi connectivity index (χ1) is 15.3. The molecule has 8 nitrogen and oxygen atoms in total. The lowest BCUT2D eigenvalue weighted by Crippen LogP contribution is -2.31. The zero-order valence-corrected chi connectivity index (χ0v) is 18.9. The number of benzene rings is 2. The van der Waals surface area contributed by atoms with Gasteiger partial charge in [-0.15, -0.1) is 0 Å². The number of carbonyl (C=O) groups is 1. The molecule has 0 radical (unpaired) electrons. The highest BCUT2D eigenvalue weighted by molar-refractivity contribution is 7.93. The Hall–Kier alpha value is -3.43. The van der Waals surface area contributed by atoms with E-state index in [0.29, 0.717) is 22.6 Å². The van der Waals surface area contributed by atoms with Gasteiger partial charge in [0.1, 0.15) is 10.5 Å². The minimum atomic E-state index is -3.97. The topological polar surface area (TPSA) is 96.7 Å². The third-order valence-corrected chi connectivity index (χ3v) is 7.27. The summed E-state index contributed by atoms with van der Waals surface area (Å²) in [7, 11) is -3.97. The number of nitrogens with zero attached hydrogens (tertiary/aromatic N) is 4. The fourth-order valence-electron chi connectivity index (χ4n) is 3.44. The van der Waals surface area contributed by atoms with Crippen LogP contribution in [0.5, 0.6) is 0 Å². The monoisotopic (exact) mass is 469 g/mol. The second kappa shape index (κ2) is 8.60. The summed E-state index contributed by atoms with van der Waals surface area (Å²) in [5, 5.41) is 7.09. The van der Waals surface area contributed by atoms with Crippen LogP contribution in [0.1, 0.15) is 23.0 Å². The molecule has 0 bridgehead atoms. The molecule has 0 atom stereocenters. The van der Waals surface area contributed by atoms with Crippen LogP contribution in [0.4, 0.5) is 11.4 Å². The lowest BCUT2D eigenvalue weighted by molar-refractivity contribution is 0.102. The summed E-state index contributed by atoms with van der Waals surface area (Å²) in [6, 6.07) is 14.8. The molecule has 164 valence electrons. The summed E-state index contributed by atoms with van der Waals surface area (Å²) >= 11 is 6.27. The first kappa shape index (κ1) is 21.8. The molecule has 0 unspecified atom stereocenters. The summed E-state index contributed by atoms with van der Waals surface area (Å²) in [5.74, 6) is -0.447. The molecule has 1 N–H and O–H groups in total. The third kappa shape index (κ3) is 3.92. The van der Waals surface area contributed by atoms with Gasteiger partial charge < -0.3 is 5.32 Å². The smallest absolute Gasteiger partial charge is 0.265 e. The summed E-state index contributed by atoms with van der Waals surface area (Å²) in [6.07, 6.45) is 3.27. The van der Waals surface area contributed by atoms with Crippen LogP contribution in [0.15, 0.2) is 71.9 Å². The van der Waals surface area contributed by atoms with E-state index < -0.39 is 15.9 Å². The number of carbonyl (C=O) groups excluding carboxylic acids is 1. The average Bonchev–Trinajstić information content (AvgIpc) is 3.11. The van der Waals surface area contributed by atoms with Crippen molar-refractivity contribution in [3.8, 4) is 0 Å². The summed E-state index contributed by atoms with van der Waals surface area (Å²) in [5.41, 5.74) is 2.03. The molecule has 1 amide bonds. The molecule has 4 rings (SSSR count). The maximum Gasteiger partial charge on any atom is 0.265 e. The van der Waals surface area contributed by atoms with Crippen molar-refractivity contribution in [3.63, 3.8) is 0 Å². The number of halogens is 1. The number of nitrogens with one attached hydrogen (secondary N) is 1. The third-order valence-electron chi connectivity index (χ3n) is 4.89. The first-order valence-electron chi connectivity index (χ1n) is 9.81. The van der Waals surface area contributed by atoms with Crippen LogP contribution in [0.3, 0.4) is 0 Å². The van der Waals surface area contributed by atoms with Crippen molar-refractivity contribution >= 4 is 44.6 Å². The van der Waals surface area contributed by atoms with Crippen molar-refractivity contribution in [2.75, 3.05) is 16.2 Å². The van der Waals surface area contributed by atoms with E-state index in [1.165, 1.54) is 21.0 Å². The van der Waals surface area contributed by atoms with Gasteiger partial charge in [-0.1, -0.05) is 29.8 Å². The van der Waals surface area contributed by atoms with E-state index in [1.54, 1.807) is 62.6 Å². The Morgan fingerprint density at radius 3 is 2.62 bits per heavy atom. The molecule has 10 heteroatoms. The van der Waals surface area contributed by atoms with E-state index in [4.69, 9.17) is 11.6 Å². The number of aryl methyl sites for hydroxylation is 1. The van der Waals surface area contributed by atoms with Gasteiger partial charge in [0.15, 0.2) is 5.65 Å². The van der Waals surface area contributed by atoms with Gasteiger partial charge in [-0.25, -0.2) is 17.9 Å². The molecule has 2 aromatic carbocycles. The maximum atomic E-state index is 13.4. The molecule has 32 heavy (non-hydrogen) atoms. The van der Waals surface area contributed by atoms with Crippen molar-refractivity contribution in [1.29, 1.82) is 0 Å². The van der Waals surface area contributed by atoms with Crippen molar-refractivity contribution in [2.24, 2.45) is 0 Å². The quantitative estimate of drug-likeness (QED) is 0.457. The number of amides is 1. The minimum absolute atomic E-state index is 0.0613. The number of rotatable bonds is 6. The predicted molar refractivity (Wildman–Crippen MR) is 124 cm³/mol. The molecule has 0 fully saturated rings. The number of para-hydroxylation sites is 1. The zero-order valence-electron chi connectivity index (χ0n) is 17.4. The van der Waals surface area contributed by atoms with Gasteiger partial charge in [0.25, 0.3) is 15.9 Å². The number of hydrogen-bond donors (Lipinski definition) is 1. The second-order valence-corrected chi connectivity index (χ2v) is 9.19. The van der Waals surface area contributed by atoms with Gasteiger partial charge >= 0.3 is 0 Å². The number of hydrogen-bond acceptors (Lipinski definition) is 5. The Morgan fingerprint density at radius 2 is 1.91 bits per heavy atom. The Balaban J connectivity index is 1.70. The second-order valence-electron chi connectivity index (χ2n) is 6.95. The van der Waals surface area contributed by atoms with Crippen molar-refractivity contribution in [1.82, 2.24) is 14.6 Å². The summed E-state index contributed by atoms with van der Waals surface area (Å²) < 4.78 is 29.5. The van der Waals surface area contributed by atoms with Crippen LogP contribution in [-0.2, 0) is 10.0 Å². The number of sulfonamides is 1. The van der Waals surface area contributed by atoms with Crippen LogP contribution in [-0.4, -0.2) is 35.5 Å². The first-order valence-corrected chi connectivity index (χ1v) is 11.6. The van der Waals surface area contributed by atoms with Gasteiger partial charge in [0.2, 0.25) is 0 Å². The van der Waals surface area contributed by atoms with Crippen LogP contribution >= 0.6 is 11.6 Å². The van der Waals surface area contributed by atoms with Crippen LogP contribution < -0.4 is 9.62 Å². The van der Waals surface area contributed by atoms with E-state index in [2.05, 4.69) is 15.4 Å². The van der Waals surface area contributed by atoms with Gasteiger partial charge in [0, 0.05) is 24.6 Å². The molecule has 0 saturated heterocycles. The maximum absolute atomic E-state index is 13.4. The van der Waals surface area contributed by atoms with Crippen LogP contribution in [0, 0.1) is 6.92 Å². The fraction of sp³-hybridized carbons (Fsp3) is 0.136. The molecular formula is C22H20ClN5O3S. The number of fused-ring (bicyclic) bond motifs is 1. The summed E-state index contributed by atoms with van der Waals surface area (Å²) in [4.78, 5) is 17.1. The predicted octanol–water partition coefficient (Wildman–Crippen LogP) is 4.16. The SMILES string of the molecule is CCN(c1ccccc1)S(=O)(=O)c1cc(NC(=O)c2c(C)nn3cccnc23)ccc1Cl. The molecule has 2 heterocycles. The molecule has 0 aliphatic rings. The largest absolute Gasteiger partial charge is 0.322 e. The van der Waals surface area contributed by atoms with E-state index in [9.17, 15) is 13.2 Å². The van der Waals surface area contributed by atoms with Gasteiger partial charge in [-0.05, 0) is 50.2 Å². The van der Waals surface area contributed by atoms with E-state index in [-0.39, 0.29) is 22.2 Å². The molecule has 0 aliphatic carbocycles. The van der Waals surface area contributed by atoms with Crippen molar-refractivity contribution in [3.05, 3.63) is 83.3 Å². The highest BCUT2D eigenvalue weighted by Crippen LogP contribution is 2.31. The molecule has 0 saturated carbocycles. The van der Waals surface area contributed by atoms with E-state index in [0.717, 1.165) is 0 Å². The molecule has 0 aliphatic heterocycles. The van der Waals surface area contributed by atoms with Gasteiger partial charge in [-0.3, -0.25) is 9.10 Å². The molecular weight excluding hydrogens is 450 g/mol.